The van der Waals surface area contributed by atoms with E-state index in [1.807, 2.05) is 32.9 Å². The van der Waals surface area contributed by atoms with Gasteiger partial charge >= 0.3 is 5.97 Å². The molecule has 9 heteroatoms. The second-order valence-corrected chi connectivity index (χ2v) is 8.80. The summed E-state index contributed by atoms with van der Waals surface area (Å²) in [5, 5.41) is 12.9. The van der Waals surface area contributed by atoms with Crippen LogP contribution in [0.15, 0.2) is 47.3 Å². The number of ether oxygens (including phenoxy) is 1. The quantitative estimate of drug-likeness (QED) is 0.371. The molecule has 0 saturated carbocycles. The van der Waals surface area contributed by atoms with E-state index >= 15 is 0 Å². The molecule has 0 aliphatic rings. The van der Waals surface area contributed by atoms with E-state index in [0.29, 0.717) is 37.6 Å². The highest BCUT2D eigenvalue weighted by Gasteiger charge is 2.18. The zero-order chi connectivity index (χ0) is 24.9. The van der Waals surface area contributed by atoms with Gasteiger partial charge in [-0.25, -0.2) is 4.68 Å². The summed E-state index contributed by atoms with van der Waals surface area (Å²) in [6.45, 7) is 9.38. The minimum Gasteiger partial charge on any atom is -0.465 e. The lowest BCUT2D eigenvalue weighted by Crippen LogP contribution is -2.28. The standard InChI is InChI=1S/C26H30N6O3/c1-5-35-24(33)16-32-23(28-29-30-32)15-31(13-20-10-6-17(2)7-11-20)14-21-12-22-18(3)8-9-19(4)25(22)27-26(21)34/h6-12H,5,13-16H2,1-4H3,(H,27,34). The smallest absolute Gasteiger partial charge is 0.327 e. The Kier molecular flexibility index (Phi) is 7.36. The Morgan fingerprint density at radius 2 is 1.77 bits per heavy atom. The van der Waals surface area contributed by atoms with Gasteiger partial charge in [-0.05, 0) is 60.9 Å². The molecule has 2 aromatic heterocycles. The first kappa shape index (κ1) is 24.3. The zero-order valence-electron chi connectivity index (χ0n) is 20.5. The Bertz CT molecular complexity index is 1390. The highest BCUT2D eigenvalue weighted by atomic mass is 16.5. The Hall–Kier alpha value is -3.85. The number of hydrogen-bond donors (Lipinski definition) is 1. The molecule has 0 aliphatic heterocycles. The molecule has 0 fully saturated rings. The predicted octanol–water partition coefficient (Wildman–Crippen LogP) is 3.21. The number of benzene rings is 2. The number of rotatable bonds is 9. The zero-order valence-corrected chi connectivity index (χ0v) is 20.5. The number of aromatic amines is 1. The van der Waals surface area contributed by atoms with Crippen LogP contribution in [-0.4, -0.2) is 42.7 Å². The van der Waals surface area contributed by atoms with Crippen LogP contribution >= 0.6 is 0 Å². The molecule has 0 unspecified atom stereocenters. The average molecular weight is 475 g/mol. The van der Waals surface area contributed by atoms with Crippen LogP contribution in [0.5, 0.6) is 0 Å². The first-order valence-corrected chi connectivity index (χ1v) is 11.6. The van der Waals surface area contributed by atoms with Crippen molar-refractivity contribution in [3.63, 3.8) is 0 Å². The van der Waals surface area contributed by atoms with Crippen LogP contribution in [0, 0.1) is 20.8 Å². The van der Waals surface area contributed by atoms with Gasteiger partial charge in [-0.2, -0.15) is 0 Å². The number of H-pyrrole nitrogens is 1. The maximum Gasteiger partial charge on any atom is 0.327 e. The Balaban J connectivity index is 1.66. The summed E-state index contributed by atoms with van der Waals surface area (Å²) >= 11 is 0. The molecule has 2 aromatic carbocycles. The molecule has 0 atom stereocenters. The third-order valence-electron chi connectivity index (χ3n) is 6.00. The topological polar surface area (TPSA) is 106 Å². The molecule has 4 aromatic rings. The highest BCUT2D eigenvalue weighted by Crippen LogP contribution is 2.21. The number of nitrogens with zero attached hydrogens (tertiary/aromatic N) is 5. The van der Waals surface area contributed by atoms with Crippen LogP contribution < -0.4 is 5.56 Å². The Labute approximate surface area is 203 Å². The summed E-state index contributed by atoms with van der Waals surface area (Å²) < 4.78 is 6.48. The molecular formula is C26H30N6O3. The molecule has 9 nitrogen and oxygen atoms in total. The number of nitrogens with one attached hydrogen (secondary N) is 1. The maximum absolute atomic E-state index is 13.0. The van der Waals surface area contributed by atoms with Crippen LogP contribution in [0.3, 0.4) is 0 Å². The molecule has 1 N–H and O–H groups in total. The summed E-state index contributed by atoms with van der Waals surface area (Å²) in [6, 6.07) is 14.3. The molecule has 4 rings (SSSR count). The number of carbonyl (C=O) groups is 1. The van der Waals surface area contributed by atoms with Gasteiger partial charge in [-0.15, -0.1) is 5.10 Å². The van der Waals surface area contributed by atoms with Crippen LogP contribution in [-0.2, 0) is 35.7 Å². The lowest BCUT2D eigenvalue weighted by atomic mass is 10.0. The largest absolute Gasteiger partial charge is 0.465 e. The van der Waals surface area contributed by atoms with Crippen LogP contribution in [0.4, 0.5) is 0 Å². The number of esters is 1. The summed E-state index contributed by atoms with van der Waals surface area (Å²) in [5.74, 6) is 0.123. The fourth-order valence-electron chi connectivity index (χ4n) is 4.08. The fourth-order valence-corrected chi connectivity index (χ4v) is 4.08. The van der Waals surface area contributed by atoms with Crippen molar-refractivity contribution in [2.75, 3.05) is 6.61 Å². The molecule has 0 amide bonds. The lowest BCUT2D eigenvalue weighted by molar-refractivity contribution is -0.144. The first-order valence-electron chi connectivity index (χ1n) is 11.6. The van der Waals surface area contributed by atoms with Crippen molar-refractivity contribution in [2.45, 2.75) is 53.9 Å². The number of aromatic nitrogens is 5. The van der Waals surface area contributed by atoms with Crippen molar-refractivity contribution in [2.24, 2.45) is 0 Å². The second kappa shape index (κ2) is 10.6. The van der Waals surface area contributed by atoms with Gasteiger partial charge in [0.2, 0.25) is 0 Å². The van der Waals surface area contributed by atoms with Gasteiger partial charge in [0.05, 0.1) is 18.7 Å². The van der Waals surface area contributed by atoms with Gasteiger partial charge in [0.25, 0.3) is 5.56 Å². The summed E-state index contributed by atoms with van der Waals surface area (Å²) in [7, 11) is 0. The molecular weight excluding hydrogens is 444 g/mol. The Morgan fingerprint density at radius 1 is 1.03 bits per heavy atom. The summed E-state index contributed by atoms with van der Waals surface area (Å²) in [5.41, 5.74) is 5.81. The van der Waals surface area contributed by atoms with Gasteiger partial charge < -0.3 is 9.72 Å². The fraction of sp³-hybridized carbons (Fsp3) is 0.346. The number of fused-ring (bicyclic) bond motifs is 1. The van der Waals surface area contributed by atoms with E-state index in [9.17, 15) is 9.59 Å². The van der Waals surface area contributed by atoms with Gasteiger partial charge in [0, 0.05) is 24.0 Å². The molecule has 0 spiro atoms. The van der Waals surface area contributed by atoms with Gasteiger partial charge in [0.15, 0.2) is 5.82 Å². The van der Waals surface area contributed by atoms with E-state index in [1.54, 1.807) is 6.92 Å². The molecule has 0 saturated heterocycles. The minimum absolute atomic E-state index is 0.0659. The van der Waals surface area contributed by atoms with Crippen molar-refractivity contribution in [3.8, 4) is 0 Å². The first-order chi connectivity index (χ1) is 16.8. The lowest BCUT2D eigenvalue weighted by Gasteiger charge is -2.22. The number of tetrazole rings is 1. The normalized spacial score (nSPS) is 11.3. The van der Waals surface area contributed by atoms with E-state index in [4.69, 9.17) is 4.74 Å². The van der Waals surface area contributed by atoms with Crippen LogP contribution in [0.2, 0.25) is 0 Å². The molecule has 2 heterocycles. The monoisotopic (exact) mass is 474 g/mol. The van der Waals surface area contributed by atoms with Crippen LogP contribution in [0.25, 0.3) is 10.9 Å². The number of hydrogen-bond acceptors (Lipinski definition) is 7. The molecule has 0 bridgehead atoms. The van der Waals surface area contributed by atoms with Crippen molar-refractivity contribution in [3.05, 3.63) is 86.5 Å². The average Bonchev–Trinajstić information content (AvgIpc) is 3.25. The van der Waals surface area contributed by atoms with Gasteiger partial charge in [-0.3, -0.25) is 14.5 Å². The van der Waals surface area contributed by atoms with E-state index in [-0.39, 0.29) is 12.1 Å². The second-order valence-electron chi connectivity index (χ2n) is 8.80. The van der Waals surface area contributed by atoms with E-state index < -0.39 is 5.97 Å². The summed E-state index contributed by atoms with van der Waals surface area (Å²) in [4.78, 5) is 30.2. The van der Waals surface area contributed by atoms with Crippen molar-refractivity contribution in [1.82, 2.24) is 30.1 Å². The van der Waals surface area contributed by atoms with E-state index in [2.05, 4.69) is 55.7 Å². The van der Waals surface area contributed by atoms with Gasteiger partial charge in [-0.1, -0.05) is 42.0 Å². The number of carbonyl (C=O) groups excluding carboxylic acids is 1. The highest BCUT2D eigenvalue weighted by molar-refractivity contribution is 5.85. The molecule has 0 radical (unpaired) electrons. The molecule has 182 valence electrons. The molecule has 0 aliphatic carbocycles. The van der Waals surface area contributed by atoms with Crippen molar-refractivity contribution in [1.29, 1.82) is 0 Å². The summed E-state index contributed by atoms with van der Waals surface area (Å²) in [6.07, 6.45) is 0. The SMILES string of the molecule is CCOC(=O)Cn1nnnc1CN(Cc1ccc(C)cc1)Cc1cc2c(C)ccc(C)c2[nH]c1=O. The predicted molar refractivity (Wildman–Crippen MR) is 133 cm³/mol. The van der Waals surface area contributed by atoms with Crippen molar-refractivity contribution < 1.29 is 9.53 Å². The van der Waals surface area contributed by atoms with Crippen molar-refractivity contribution >= 4 is 16.9 Å². The Morgan fingerprint density at radius 3 is 2.51 bits per heavy atom. The van der Waals surface area contributed by atoms with Gasteiger partial charge in [0.1, 0.15) is 6.54 Å². The van der Waals surface area contributed by atoms with E-state index in [1.165, 1.54) is 10.2 Å². The third kappa shape index (κ3) is 5.81. The third-order valence-corrected chi connectivity index (χ3v) is 6.00. The maximum atomic E-state index is 13.0. The molecule has 35 heavy (non-hydrogen) atoms. The number of pyridine rings is 1. The minimum atomic E-state index is -0.400. The number of aryl methyl sites for hydroxylation is 3. The van der Waals surface area contributed by atoms with Crippen LogP contribution in [0.1, 0.15) is 40.6 Å². The van der Waals surface area contributed by atoms with E-state index in [0.717, 1.165) is 27.6 Å².